The molecule has 96 valence electrons. The third kappa shape index (κ3) is 2.70. The lowest BCUT2D eigenvalue weighted by atomic mass is 9.98. The predicted octanol–water partition coefficient (Wildman–Crippen LogP) is 2.25. The molecule has 0 radical (unpaired) electrons. The molecule has 6 nitrogen and oxygen atoms in total. The number of aromatic nitrogens is 4. The highest BCUT2D eigenvalue weighted by atomic mass is 32.1. The minimum Gasteiger partial charge on any atom is -0.296 e. The molecule has 0 saturated heterocycles. The second-order valence-corrected chi connectivity index (χ2v) is 6.54. The van der Waals surface area contributed by atoms with Crippen LogP contribution in [-0.2, 0) is 5.41 Å². The van der Waals surface area contributed by atoms with Gasteiger partial charge >= 0.3 is 0 Å². The SMILES string of the molecule is Cc1nnsc1C(=O)Nc1nnc(C(C)(C)C)s1. The first-order chi connectivity index (χ1) is 8.38. The molecule has 18 heavy (non-hydrogen) atoms. The van der Waals surface area contributed by atoms with Gasteiger partial charge in [0, 0.05) is 5.41 Å². The maximum atomic E-state index is 11.9. The summed E-state index contributed by atoms with van der Waals surface area (Å²) in [6.45, 7) is 7.90. The fourth-order valence-electron chi connectivity index (χ4n) is 1.17. The van der Waals surface area contributed by atoms with Crippen LogP contribution in [0.1, 0.15) is 41.1 Å². The largest absolute Gasteiger partial charge is 0.296 e. The van der Waals surface area contributed by atoms with Crippen molar-refractivity contribution < 1.29 is 4.79 Å². The van der Waals surface area contributed by atoms with E-state index in [0.29, 0.717) is 15.7 Å². The van der Waals surface area contributed by atoms with Crippen LogP contribution in [0.2, 0.25) is 0 Å². The lowest BCUT2D eigenvalue weighted by molar-refractivity contribution is 0.102. The maximum absolute atomic E-state index is 11.9. The third-order valence-corrected chi connectivity index (χ3v) is 4.24. The number of aryl methyl sites for hydroxylation is 1. The Hall–Kier alpha value is -1.41. The van der Waals surface area contributed by atoms with E-state index in [-0.39, 0.29) is 11.3 Å². The van der Waals surface area contributed by atoms with Gasteiger partial charge in [0.1, 0.15) is 9.88 Å². The molecule has 0 aliphatic rings. The Morgan fingerprint density at radius 2 is 1.94 bits per heavy atom. The number of nitrogens with one attached hydrogen (secondary N) is 1. The molecule has 0 unspecified atom stereocenters. The fourth-order valence-corrected chi connectivity index (χ4v) is 2.52. The summed E-state index contributed by atoms with van der Waals surface area (Å²) in [5, 5.41) is 15.9. The number of nitrogens with zero attached hydrogens (tertiary/aromatic N) is 4. The van der Waals surface area contributed by atoms with Gasteiger partial charge in [-0.1, -0.05) is 36.6 Å². The third-order valence-electron chi connectivity index (χ3n) is 2.14. The minimum atomic E-state index is -0.237. The summed E-state index contributed by atoms with van der Waals surface area (Å²) in [5.41, 5.74) is 0.556. The molecule has 0 spiro atoms. The number of rotatable bonds is 2. The van der Waals surface area contributed by atoms with Crippen molar-refractivity contribution in [1.82, 2.24) is 19.8 Å². The zero-order chi connectivity index (χ0) is 13.3. The molecule has 2 aromatic heterocycles. The molecular weight excluding hydrogens is 270 g/mol. The molecular formula is C10H13N5OS2. The molecule has 2 aromatic rings. The molecule has 2 rings (SSSR count). The summed E-state index contributed by atoms with van der Waals surface area (Å²) in [5.74, 6) is -0.237. The molecule has 0 aromatic carbocycles. The van der Waals surface area contributed by atoms with Crippen molar-refractivity contribution in [2.45, 2.75) is 33.1 Å². The average Bonchev–Trinajstić information content (AvgIpc) is 2.85. The highest BCUT2D eigenvalue weighted by molar-refractivity contribution is 7.15. The second kappa shape index (κ2) is 4.69. The number of hydrogen-bond acceptors (Lipinski definition) is 7. The van der Waals surface area contributed by atoms with Crippen LogP contribution in [0, 0.1) is 6.92 Å². The Morgan fingerprint density at radius 1 is 1.22 bits per heavy atom. The minimum absolute atomic E-state index is 0.0669. The number of anilines is 1. The summed E-state index contributed by atoms with van der Waals surface area (Å²) in [6.07, 6.45) is 0. The zero-order valence-electron chi connectivity index (χ0n) is 10.5. The number of amides is 1. The van der Waals surface area contributed by atoms with Crippen molar-refractivity contribution in [3.05, 3.63) is 15.6 Å². The standard InChI is InChI=1S/C10H13N5OS2/c1-5-6(18-15-12-5)7(16)11-9-14-13-8(17-9)10(2,3)4/h1-4H3,(H,11,14,16). The van der Waals surface area contributed by atoms with E-state index in [2.05, 4.69) is 45.9 Å². The first kappa shape index (κ1) is 13.0. The van der Waals surface area contributed by atoms with Gasteiger partial charge in [-0.25, -0.2) is 0 Å². The predicted molar refractivity (Wildman–Crippen MR) is 71.2 cm³/mol. The quantitative estimate of drug-likeness (QED) is 0.914. The highest BCUT2D eigenvalue weighted by Gasteiger charge is 2.21. The van der Waals surface area contributed by atoms with Crippen LogP contribution in [0.4, 0.5) is 5.13 Å². The van der Waals surface area contributed by atoms with E-state index < -0.39 is 0 Å². The summed E-state index contributed by atoms with van der Waals surface area (Å²) in [4.78, 5) is 12.4. The van der Waals surface area contributed by atoms with Gasteiger partial charge in [-0.3, -0.25) is 10.1 Å². The molecule has 0 atom stereocenters. The Balaban J connectivity index is 2.13. The van der Waals surface area contributed by atoms with Crippen LogP contribution in [-0.4, -0.2) is 25.7 Å². The van der Waals surface area contributed by atoms with E-state index in [1.54, 1.807) is 6.92 Å². The zero-order valence-corrected chi connectivity index (χ0v) is 12.1. The molecule has 0 bridgehead atoms. The Bertz CT molecular complexity index is 569. The molecule has 0 aliphatic heterocycles. The van der Waals surface area contributed by atoms with Crippen molar-refractivity contribution in [3.63, 3.8) is 0 Å². The van der Waals surface area contributed by atoms with Crippen LogP contribution >= 0.6 is 22.9 Å². The van der Waals surface area contributed by atoms with Crippen LogP contribution in [0.25, 0.3) is 0 Å². The van der Waals surface area contributed by atoms with E-state index in [4.69, 9.17) is 0 Å². The van der Waals surface area contributed by atoms with Crippen LogP contribution in [0.3, 0.4) is 0 Å². The van der Waals surface area contributed by atoms with E-state index in [1.165, 1.54) is 11.3 Å². The summed E-state index contributed by atoms with van der Waals surface area (Å²) in [7, 11) is 0. The highest BCUT2D eigenvalue weighted by Crippen LogP contribution is 2.28. The van der Waals surface area contributed by atoms with Gasteiger partial charge in [0.2, 0.25) is 5.13 Å². The van der Waals surface area contributed by atoms with Crippen molar-refractivity contribution >= 4 is 33.9 Å². The summed E-state index contributed by atoms with van der Waals surface area (Å²) < 4.78 is 3.73. The van der Waals surface area contributed by atoms with Gasteiger partial charge in [0.25, 0.3) is 5.91 Å². The molecule has 2 heterocycles. The van der Waals surface area contributed by atoms with Crippen molar-refractivity contribution in [1.29, 1.82) is 0 Å². The molecule has 0 fully saturated rings. The van der Waals surface area contributed by atoms with E-state index >= 15 is 0 Å². The van der Waals surface area contributed by atoms with Gasteiger partial charge in [0.15, 0.2) is 0 Å². The molecule has 1 amide bonds. The smallest absolute Gasteiger partial charge is 0.271 e. The van der Waals surface area contributed by atoms with E-state index in [9.17, 15) is 4.79 Å². The first-order valence-electron chi connectivity index (χ1n) is 5.32. The number of carbonyl (C=O) groups is 1. The Kier molecular flexibility index (Phi) is 3.40. The lowest BCUT2D eigenvalue weighted by Crippen LogP contribution is -2.11. The number of carbonyl (C=O) groups excluding carboxylic acids is 1. The molecule has 1 N–H and O–H groups in total. The van der Waals surface area contributed by atoms with Crippen molar-refractivity contribution in [3.8, 4) is 0 Å². The van der Waals surface area contributed by atoms with Crippen molar-refractivity contribution in [2.24, 2.45) is 0 Å². The normalized spacial score (nSPS) is 11.6. The van der Waals surface area contributed by atoms with Gasteiger partial charge in [-0.2, -0.15) is 0 Å². The van der Waals surface area contributed by atoms with E-state index in [0.717, 1.165) is 16.5 Å². The number of hydrogen-bond donors (Lipinski definition) is 1. The van der Waals surface area contributed by atoms with Crippen LogP contribution < -0.4 is 5.32 Å². The second-order valence-electron chi connectivity index (χ2n) is 4.80. The monoisotopic (exact) mass is 283 g/mol. The van der Waals surface area contributed by atoms with E-state index in [1.807, 2.05) is 0 Å². The lowest BCUT2D eigenvalue weighted by Gasteiger charge is -2.12. The fraction of sp³-hybridized carbons (Fsp3) is 0.500. The van der Waals surface area contributed by atoms with Crippen molar-refractivity contribution in [2.75, 3.05) is 5.32 Å². The maximum Gasteiger partial charge on any atom is 0.271 e. The van der Waals surface area contributed by atoms with Crippen LogP contribution in [0.15, 0.2) is 0 Å². The Morgan fingerprint density at radius 3 is 2.44 bits per heavy atom. The van der Waals surface area contributed by atoms with Gasteiger partial charge < -0.3 is 0 Å². The summed E-state index contributed by atoms with van der Waals surface area (Å²) >= 11 is 2.45. The molecule has 0 saturated carbocycles. The van der Waals surface area contributed by atoms with Crippen LogP contribution in [0.5, 0.6) is 0 Å². The van der Waals surface area contributed by atoms with Gasteiger partial charge in [-0.05, 0) is 18.5 Å². The molecule has 0 aliphatic carbocycles. The average molecular weight is 283 g/mol. The first-order valence-corrected chi connectivity index (χ1v) is 6.91. The van der Waals surface area contributed by atoms with Gasteiger partial charge in [0.05, 0.1) is 5.69 Å². The molecule has 8 heteroatoms. The topological polar surface area (TPSA) is 80.7 Å². The van der Waals surface area contributed by atoms with Gasteiger partial charge in [-0.15, -0.1) is 15.3 Å². The summed E-state index contributed by atoms with van der Waals surface area (Å²) in [6, 6.07) is 0. The Labute approximate surface area is 113 Å².